The van der Waals surface area contributed by atoms with E-state index in [1.165, 1.54) is 12.1 Å². The third-order valence-electron chi connectivity index (χ3n) is 2.32. The van der Waals surface area contributed by atoms with Crippen molar-refractivity contribution < 1.29 is 18.7 Å². The van der Waals surface area contributed by atoms with Crippen molar-refractivity contribution in [3.05, 3.63) is 34.6 Å². The second kappa shape index (κ2) is 7.11. The van der Waals surface area contributed by atoms with Crippen molar-refractivity contribution >= 4 is 23.4 Å². The van der Waals surface area contributed by atoms with Crippen LogP contribution in [0, 0.1) is 5.82 Å². The fourth-order valence-corrected chi connectivity index (χ4v) is 1.70. The lowest BCUT2D eigenvalue weighted by Gasteiger charge is -2.04. The monoisotopic (exact) mass is 272 g/mol. The highest BCUT2D eigenvalue weighted by Gasteiger charge is 2.12. The van der Waals surface area contributed by atoms with Gasteiger partial charge in [0.25, 0.3) is 0 Å². The van der Waals surface area contributed by atoms with Crippen molar-refractivity contribution in [1.29, 1.82) is 0 Å². The van der Waals surface area contributed by atoms with Gasteiger partial charge in [0.15, 0.2) is 5.78 Å². The van der Waals surface area contributed by atoms with Crippen LogP contribution in [0.15, 0.2) is 18.2 Å². The van der Waals surface area contributed by atoms with Crippen LogP contribution in [0.4, 0.5) is 4.39 Å². The lowest BCUT2D eigenvalue weighted by Crippen LogP contribution is -2.06. The van der Waals surface area contributed by atoms with Gasteiger partial charge >= 0.3 is 5.97 Å². The number of carbonyl (C=O) groups is 2. The zero-order valence-electron chi connectivity index (χ0n) is 10.0. The average Bonchev–Trinajstić information content (AvgIpc) is 2.32. The maximum atomic E-state index is 13.0. The van der Waals surface area contributed by atoms with E-state index in [0.29, 0.717) is 13.0 Å². The van der Waals surface area contributed by atoms with Crippen LogP contribution in [0.3, 0.4) is 0 Å². The van der Waals surface area contributed by atoms with Gasteiger partial charge in [0.05, 0.1) is 11.6 Å². The topological polar surface area (TPSA) is 43.4 Å². The van der Waals surface area contributed by atoms with Gasteiger partial charge in [-0.15, -0.1) is 0 Å². The number of rotatable bonds is 6. The number of ketones is 1. The van der Waals surface area contributed by atoms with Crippen LogP contribution in [0.1, 0.15) is 36.5 Å². The van der Waals surface area contributed by atoms with E-state index in [9.17, 15) is 14.0 Å². The largest absolute Gasteiger partial charge is 0.466 e. The Labute approximate surface area is 110 Å². The number of carbonyl (C=O) groups excluding carboxylic acids is 2. The first-order chi connectivity index (χ1) is 8.54. The molecule has 1 rings (SSSR count). The number of ether oxygens (including phenoxy) is 1. The molecular weight excluding hydrogens is 259 g/mol. The molecule has 0 aliphatic heterocycles. The number of hydrogen-bond donors (Lipinski definition) is 0. The molecule has 3 nitrogen and oxygen atoms in total. The average molecular weight is 273 g/mol. The minimum Gasteiger partial charge on any atom is -0.466 e. The van der Waals surface area contributed by atoms with Crippen LogP contribution < -0.4 is 0 Å². The SMILES string of the molecule is CCOC(=O)CCCC(=O)c1cc(F)ccc1Cl. The van der Waals surface area contributed by atoms with Gasteiger partial charge in [-0.2, -0.15) is 0 Å². The molecule has 0 saturated carbocycles. The number of halogens is 2. The predicted molar refractivity (Wildman–Crippen MR) is 66.2 cm³/mol. The minimum atomic E-state index is -0.506. The zero-order valence-corrected chi connectivity index (χ0v) is 10.8. The lowest BCUT2D eigenvalue weighted by atomic mass is 10.1. The van der Waals surface area contributed by atoms with E-state index in [1.807, 2.05) is 0 Å². The summed E-state index contributed by atoms with van der Waals surface area (Å²) in [6, 6.07) is 3.64. The van der Waals surface area contributed by atoms with Gasteiger partial charge in [-0.05, 0) is 31.5 Å². The molecule has 0 unspecified atom stereocenters. The smallest absolute Gasteiger partial charge is 0.305 e. The molecule has 0 N–H and O–H groups in total. The molecule has 0 atom stereocenters. The molecule has 0 spiro atoms. The first kappa shape index (κ1) is 14.6. The van der Waals surface area contributed by atoms with Gasteiger partial charge in [-0.1, -0.05) is 11.6 Å². The van der Waals surface area contributed by atoms with E-state index in [-0.39, 0.29) is 35.2 Å². The van der Waals surface area contributed by atoms with Gasteiger partial charge in [-0.25, -0.2) is 4.39 Å². The molecule has 0 aliphatic carbocycles. The van der Waals surface area contributed by atoms with Crippen LogP contribution in [0.25, 0.3) is 0 Å². The molecule has 0 heterocycles. The highest BCUT2D eigenvalue weighted by Crippen LogP contribution is 2.19. The molecule has 0 amide bonds. The molecule has 0 saturated heterocycles. The summed E-state index contributed by atoms with van der Waals surface area (Å²) in [6.07, 6.45) is 0.680. The molecule has 0 aliphatic rings. The van der Waals surface area contributed by atoms with Crippen molar-refractivity contribution in [2.24, 2.45) is 0 Å². The van der Waals surface area contributed by atoms with Crippen molar-refractivity contribution in [2.45, 2.75) is 26.2 Å². The second-order valence-electron chi connectivity index (χ2n) is 3.71. The molecule has 18 heavy (non-hydrogen) atoms. The van der Waals surface area contributed by atoms with Crippen LogP contribution in [0.2, 0.25) is 5.02 Å². The normalized spacial score (nSPS) is 10.2. The fourth-order valence-electron chi connectivity index (χ4n) is 1.47. The maximum absolute atomic E-state index is 13.0. The van der Waals surface area contributed by atoms with Crippen LogP contribution in [0.5, 0.6) is 0 Å². The van der Waals surface area contributed by atoms with E-state index in [2.05, 4.69) is 0 Å². The molecular formula is C13H14ClFO3. The summed E-state index contributed by atoms with van der Waals surface area (Å²) in [5, 5.41) is 0.220. The first-order valence-corrected chi connectivity index (χ1v) is 6.06. The fraction of sp³-hybridized carbons (Fsp3) is 0.385. The van der Waals surface area contributed by atoms with Gasteiger partial charge in [0.1, 0.15) is 5.82 Å². The van der Waals surface area contributed by atoms with Crippen molar-refractivity contribution in [2.75, 3.05) is 6.61 Å². The third kappa shape index (κ3) is 4.45. The summed E-state index contributed by atoms with van der Waals surface area (Å²) in [7, 11) is 0. The Morgan fingerprint density at radius 1 is 1.33 bits per heavy atom. The van der Waals surface area contributed by atoms with Crippen molar-refractivity contribution in [3.8, 4) is 0 Å². The number of Topliss-reactive ketones (excluding diaryl/α,β-unsaturated/α-hetero) is 1. The van der Waals surface area contributed by atoms with E-state index >= 15 is 0 Å². The summed E-state index contributed by atoms with van der Waals surface area (Å²) in [5.41, 5.74) is 0.153. The standard InChI is InChI=1S/C13H14ClFO3/c1-2-18-13(17)5-3-4-12(16)10-8-9(15)6-7-11(10)14/h6-8H,2-5H2,1H3. The quantitative estimate of drug-likeness (QED) is 0.589. The minimum absolute atomic E-state index is 0.141. The number of esters is 1. The molecule has 1 aromatic rings. The zero-order chi connectivity index (χ0) is 13.5. The Morgan fingerprint density at radius 3 is 2.72 bits per heavy atom. The van der Waals surface area contributed by atoms with Gasteiger partial charge in [0.2, 0.25) is 0 Å². The Morgan fingerprint density at radius 2 is 2.06 bits per heavy atom. The molecule has 98 valence electrons. The summed E-state index contributed by atoms with van der Waals surface area (Å²) in [5.74, 6) is -1.12. The number of benzene rings is 1. The lowest BCUT2D eigenvalue weighted by molar-refractivity contribution is -0.143. The van der Waals surface area contributed by atoms with Gasteiger partial charge in [0, 0.05) is 18.4 Å². The third-order valence-corrected chi connectivity index (χ3v) is 2.65. The van der Waals surface area contributed by atoms with E-state index in [4.69, 9.17) is 16.3 Å². The predicted octanol–water partition coefficient (Wildman–Crippen LogP) is 3.40. The molecule has 0 fully saturated rings. The Kier molecular flexibility index (Phi) is 5.78. The van der Waals surface area contributed by atoms with Crippen LogP contribution in [-0.2, 0) is 9.53 Å². The molecule has 5 heteroatoms. The summed E-state index contributed by atoms with van der Waals surface area (Å²) in [6.45, 7) is 2.04. The second-order valence-corrected chi connectivity index (χ2v) is 4.11. The Balaban J connectivity index is 2.50. The van der Waals surface area contributed by atoms with Crippen molar-refractivity contribution in [1.82, 2.24) is 0 Å². The van der Waals surface area contributed by atoms with E-state index in [1.54, 1.807) is 6.92 Å². The highest BCUT2D eigenvalue weighted by atomic mass is 35.5. The first-order valence-electron chi connectivity index (χ1n) is 5.68. The summed E-state index contributed by atoms with van der Waals surface area (Å²) in [4.78, 5) is 22.8. The summed E-state index contributed by atoms with van der Waals surface area (Å²) >= 11 is 5.80. The highest BCUT2D eigenvalue weighted by molar-refractivity contribution is 6.33. The Bertz CT molecular complexity index is 446. The van der Waals surface area contributed by atoms with Crippen LogP contribution >= 0.6 is 11.6 Å². The summed E-state index contributed by atoms with van der Waals surface area (Å²) < 4.78 is 17.7. The van der Waals surface area contributed by atoms with Crippen molar-refractivity contribution in [3.63, 3.8) is 0 Å². The van der Waals surface area contributed by atoms with Gasteiger partial charge < -0.3 is 4.74 Å². The molecule has 0 bridgehead atoms. The van der Waals surface area contributed by atoms with Crippen LogP contribution in [-0.4, -0.2) is 18.4 Å². The molecule has 1 aromatic carbocycles. The molecule has 0 aromatic heterocycles. The number of hydrogen-bond acceptors (Lipinski definition) is 3. The van der Waals surface area contributed by atoms with E-state index < -0.39 is 5.82 Å². The van der Waals surface area contributed by atoms with E-state index in [0.717, 1.165) is 6.07 Å². The maximum Gasteiger partial charge on any atom is 0.305 e. The van der Waals surface area contributed by atoms with Gasteiger partial charge in [-0.3, -0.25) is 9.59 Å². The molecule has 0 radical (unpaired) electrons. The Hall–Kier alpha value is -1.42.